The van der Waals surface area contributed by atoms with Gasteiger partial charge in [-0.15, -0.1) is 10.2 Å². The molecule has 122 valence electrons. The van der Waals surface area contributed by atoms with Crippen LogP contribution in [0.25, 0.3) is 0 Å². The van der Waals surface area contributed by atoms with Gasteiger partial charge in [0.05, 0.1) is 0 Å². The Bertz CT molecular complexity index is 667. The molecule has 1 heterocycles. The van der Waals surface area contributed by atoms with E-state index in [0.29, 0.717) is 18.1 Å². The number of likely N-dealkylation sites (N-methyl/N-ethyl adjacent to an activating group) is 1. The van der Waals surface area contributed by atoms with E-state index in [0.717, 1.165) is 12.2 Å². The Labute approximate surface area is 136 Å². The number of nitrogens with one attached hydrogen (secondary N) is 2. The molecule has 6 heteroatoms. The van der Waals surface area contributed by atoms with Gasteiger partial charge in [-0.05, 0) is 57.3 Å². The van der Waals surface area contributed by atoms with Gasteiger partial charge < -0.3 is 15.5 Å². The first-order chi connectivity index (χ1) is 11.0. The molecule has 0 unspecified atom stereocenters. The van der Waals surface area contributed by atoms with E-state index < -0.39 is 0 Å². The van der Waals surface area contributed by atoms with E-state index in [-0.39, 0.29) is 5.91 Å². The van der Waals surface area contributed by atoms with Crippen molar-refractivity contribution in [1.29, 1.82) is 0 Å². The van der Waals surface area contributed by atoms with Gasteiger partial charge in [0.1, 0.15) is 0 Å². The van der Waals surface area contributed by atoms with Crippen LogP contribution in [0.3, 0.4) is 0 Å². The molecule has 1 amide bonds. The molecule has 0 bridgehead atoms. The van der Waals surface area contributed by atoms with Crippen LogP contribution in [0.15, 0.2) is 30.3 Å². The number of hydrogen-bond acceptors (Lipinski definition) is 5. The summed E-state index contributed by atoms with van der Waals surface area (Å²) < 4.78 is 0. The predicted molar refractivity (Wildman–Crippen MR) is 92.1 cm³/mol. The number of benzene rings is 1. The van der Waals surface area contributed by atoms with Gasteiger partial charge >= 0.3 is 0 Å². The van der Waals surface area contributed by atoms with Gasteiger partial charge in [0.25, 0.3) is 5.91 Å². The van der Waals surface area contributed by atoms with Crippen LogP contribution in [-0.2, 0) is 0 Å². The van der Waals surface area contributed by atoms with E-state index in [4.69, 9.17) is 0 Å². The van der Waals surface area contributed by atoms with Gasteiger partial charge in [-0.2, -0.15) is 0 Å². The smallest absolute Gasteiger partial charge is 0.271 e. The van der Waals surface area contributed by atoms with E-state index in [1.54, 1.807) is 12.1 Å². The molecule has 2 aromatic rings. The van der Waals surface area contributed by atoms with E-state index in [2.05, 4.69) is 40.7 Å². The third-order valence-corrected chi connectivity index (χ3v) is 3.61. The second kappa shape index (κ2) is 7.69. The minimum Gasteiger partial charge on any atom is -0.349 e. The van der Waals surface area contributed by atoms with Gasteiger partial charge in [0.15, 0.2) is 11.5 Å². The SMILES string of the molecule is Cc1cccc(Nc2ccc(C(=O)NCCN(C)C)nn2)c1C. The summed E-state index contributed by atoms with van der Waals surface area (Å²) in [6.07, 6.45) is 0. The summed E-state index contributed by atoms with van der Waals surface area (Å²) in [5.74, 6) is 0.404. The fourth-order valence-electron chi connectivity index (χ4n) is 2.03. The van der Waals surface area contributed by atoms with Crippen molar-refractivity contribution in [3.63, 3.8) is 0 Å². The standard InChI is InChI=1S/C17H23N5O/c1-12-6-5-7-14(13(12)2)19-16-9-8-15(20-21-16)17(23)18-10-11-22(3)4/h5-9H,10-11H2,1-4H3,(H,18,23)(H,19,21). The lowest BCUT2D eigenvalue weighted by atomic mass is 10.1. The minimum absolute atomic E-state index is 0.211. The largest absolute Gasteiger partial charge is 0.349 e. The van der Waals surface area contributed by atoms with Crippen LogP contribution < -0.4 is 10.6 Å². The van der Waals surface area contributed by atoms with Crippen LogP contribution in [0.4, 0.5) is 11.5 Å². The van der Waals surface area contributed by atoms with E-state index in [9.17, 15) is 4.79 Å². The number of anilines is 2. The molecular weight excluding hydrogens is 290 g/mol. The van der Waals surface area contributed by atoms with E-state index in [1.807, 2.05) is 31.1 Å². The van der Waals surface area contributed by atoms with Gasteiger partial charge in [-0.3, -0.25) is 4.79 Å². The summed E-state index contributed by atoms with van der Waals surface area (Å²) in [5, 5.41) is 14.1. The fourth-order valence-corrected chi connectivity index (χ4v) is 2.03. The highest BCUT2D eigenvalue weighted by atomic mass is 16.1. The van der Waals surface area contributed by atoms with Crippen molar-refractivity contribution in [3.05, 3.63) is 47.2 Å². The highest BCUT2D eigenvalue weighted by Crippen LogP contribution is 2.21. The normalized spacial score (nSPS) is 10.7. The summed E-state index contributed by atoms with van der Waals surface area (Å²) in [6, 6.07) is 9.48. The second-order valence-corrected chi connectivity index (χ2v) is 5.74. The quantitative estimate of drug-likeness (QED) is 0.855. The van der Waals surface area contributed by atoms with E-state index in [1.165, 1.54) is 11.1 Å². The molecule has 2 rings (SSSR count). The molecular formula is C17H23N5O. The molecule has 0 radical (unpaired) electrons. The van der Waals surface area contributed by atoms with Gasteiger partial charge in [-0.25, -0.2) is 0 Å². The summed E-state index contributed by atoms with van der Waals surface area (Å²) in [7, 11) is 3.92. The predicted octanol–water partition coefficient (Wildman–Crippen LogP) is 2.13. The molecule has 0 spiro atoms. The first-order valence-corrected chi connectivity index (χ1v) is 7.57. The summed E-state index contributed by atoms with van der Waals surface area (Å²) >= 11 is 0. The van der Waals surface area contributed by atoms with Crippen LogP contribution >= 0.6 is 0 Å². The lowest BCUT2D eigenvalue weighted by molar-refractivity contribution is 0.0945. The van der Waals surface area contributed by atoms with Crippen molar-refractivity contribution in [3.8, 4) is 0 Å². The number of aryl methyl sites for hydroxylation is 1. The lowest BCUT2D eigenvalue weighted by Gasteiger charge is -2.11. The van der Waals surface area contributed by atoms with Gasteiger partial charge in [-0.1, -0.05) is 12.1 Å². The molecule has 0 aliphatic carbocycles. The maximum absolute atomic E-state index is 11.9. The summed E-state index contributed by atoms with van der Waals surface area (Å²) in [6.45, 7) is 5.48. The molecule has 1 aromatic carbocycles. The highest BCUT2D eigenvalue weighted by molar-refractivity contribution is 5.92. The van der Waals surface area contributed by atoms with Crippen LogP contribution in [0, 0.1) is 13.8 Å². The van der Waals surface area contributed by atoms with Gasteiger partial charge in [0, 0.05) is 18.8 Å². The number of carbonyl (C=O) groups is 1. The zero-order chi connectivity index (χ0) is 16.8. The molecule has 0 saturated heterocycles. The van der Waals surface area contributed by atoms with Crippen molar-refractivity contribution in [2.24, 2.45) is 0 Å². The number of hydrogen-bond donors (Lipinski definition) is 2. The first-order valence-electron chi connectivity index (χ1n) is 7.57. The maximum atomic E-state index is 11.9. The van der Waals surface area contributed by atoms with Crippen LogP contribution in [0.1, 0.15) is 21.6 Å². The molecule has 0 atom stereocenters. The van der Waals surface area contributed by atoms with Gasteiger partial charge in [0.2, 0.25) is 0 Å². The van der Waals surface area contributed by atoms with Crippen LogP contribution in [0.5, 0.6) is 0 Å². The Morgan fingerprint density at radius 3 is 2.57 bits per heavy atom. The van der Waals surface area contributed by atoms with Crippen molar-refractivity contribution in [1.82, 2.24) is 20.4 Å². The van der Waals surface area contributed by atoms with Crippen LogP contribution in [-0.4, -0.2) is 48.2 Å². The Hall–Kier alpha value is -2.47. The molecule has 6 nitrogen and oxygen atoms in total. The number of aromatic nitrogens is 2. The molecule has 1 aromatic heterocycles. The Morgan fingerprint density at radius 1 is 1.13 bits per heavy atom. The molecule has 23 heavy (non-hydrogen) atoms. The van der Waals surface area contributed by atoms with Crippen molar-refractivity contribution < 1.29 is 4.79 Å². The molecule has 0 saturated carbocycles. The molecule has 0 aliphatic heterocycles. The zero-order valence-corrected chi connectivity index (χ0v) is 14.1. The zero-order valence-electron chi connectivity index (χ0n) is 14.1. The number of nitrogens with zero attached hydrogens (tertiary/aromatic N) is 3. The first kappa shape index (κ1) is 16.9. The highest BCUT2D eigenvalue weighted by Gasteiger charge is 2.08. The maximum Gasteiger partial charge on any atom is 0.271 e. The second-order valence-electron chi connectivity index (χ2n) is 5.74. The molecule has 2 N–H and O–H groups in total. The van der Waals surface area contributed by atoms with Crippen molar-refractivity contribution in [2.45, 2.75) is 13.8 Å². The average Bonchev–Trinajstić information content (AvgIpc) is 2.52. The monoisotopic (exact) mass is 313 g/mol. The third kappa shape index (κ3) is 4.75. The molecule has 0 aliphatic rings. The fraction of sp³-hybridized carbons (Fsp3) is 0.353. The van der Waals surface area contributed by atoms with Crippen molar-refractivity contribution in [2.75, 3.05) is 32.5 Å². The lowest BCUT2D eigenvalue weighted by Crippen LogP contribution is -2.31. The minimum atomic E-state index is -0.211. The van der Waals surface area contributed by atoms with Crippen molar-refractivity contribution >= 4 is 17.4 Å². The Balaban J connectivity index is 1.99. The Kier molecular flexibility index (Phi) is 5.65. The number of carbonyl (C=O) groups excluding carboxylic acids is 1. The number of amides is 1. The summed E-state index contributed by atoms with van der Waals surface area (Å²) in [5.41, 5.74) is 3.68. The average molecular weight is 313 g/mol. The third-order valence-electron chi connectivity index (χ3n) is 3.61. The topological polar surface area (TPSA) is 70.2 Å². The number of rotatable bonds is 6. The molecule has 0 fully saturated rings. The summed E-state index contributed by atoms with van der Waals surface area (Å²) in [4.78, 5) is 13.9. The Morgan fingerprint density at radius 2 is 1.91 bits per heavy atom. The van der Waals surface area contributed by atoms with E-state index >= 15 is 0 Å². The van der Waals surface area contributed by atoms with Crippen LogP contribution in [0.2, 0.25) is 0 Å².